The Balaban J connectivity index is 1.82. The Labute approximate surface area is 265 Å². The molecule has 0 saturated heterocycles. The second kappa shape index (κ2) is 14.6. The topological polar surface area (TPSA) is 86.8 Å². The van der Waals surface area contributed by atoms with Gasteiger partial charge in [0.2, 0.25) is 11.8 Å². The highest BCUT2D eigenvalue weighted by Crippen LogP contribution is 2.27. The smallest absolute Gasteiger partial charge is 0.264 e. The summed E-state index contributed by atoms with van der Waals surface area (Å²) in [6.07, 6.45) is 0.237. The van der Waals surface area contributed by atoms with Crippen LogP contribution < -0.4 is 9.62 Å². The van der Waals surface area contributed by atoms with Crippen molar-refractivity contribution in [1.82, 2.24) is 10.2 Å². The van der Waals surface area contributed by atoms with Gasteiger partial charge in [-0.15, -0.1) is 0 Å². The van der Waals surface area contributed by atoms with Crippen LogP contribution in [-0.4, -0.2) is 43.8 Å². The summed E-state index contributed by atoms with van der Waals surface area (Å²) in [6.45, 7) is 7.01. The molecule has 0 aromatic heterocycles. The number of carbonyl (C=O) groups is 2. The number of anilines is 1. The Kier molecular flexibility index (Phi) is 10.8. The molecule has 0 spiro atoms. The molecule has 0 aliphatic carbocycles. The Morgan fingerprint density at radius 1 is 0.795 bits per heavy atom. The number of halogens is 1. The molecule has 0 saturated carbocycles. The van der Waals surface area contributed by atoms with E-state index >= 15 is 0 Å². The molecule has 1 N–H and O–H groups in total. The van der Waals surface area contributed by atoms with E-state index in [1.807, 2.05) is 70.2 Å². The predicted molar refractivity (Wildman–Crippen MR) is 176 cm³/mol. The largest absolute Gasteiger partial charge is 0.352 e. The third-order valence-electron chi connectivity index (χ3n) is 7.05. The molecule has 0 aliphatic rings. The van der Waals surface area contributed by atoms with Crippen molar-refractivity contribution in [3.8, 4) is 0 Å². The van der Waals surface area contributed by atoms with Crippen molar-refractivity contribution in [3.05, 3.63) is 130 Å². The lowest BCUT2D eigenvalue weighted by Gasteiger charge is -2.34. The van der Waals surface area contributed by atoms with Gasteiger partial charge in [0.1, 0.15) is 12.6 Å². The van der Waals surface area contributed by atoms with E-state index in [0.29, 0.717) is 16.3 Å². The van der Waals surface area contributed by atoms with Gasteiger partial charge in [0.15, 0.2) is 0 Å². The van der Waals surface area contributed by atoms with Crippen molar-refractivity contribution in [2.45, 2.75) is 57.6 Å². The summed E-state index contributed by atoms with van der Waals surface area (Å²) in [7, 11) is -4.16. The van der Waals surface area contributed by atoms with Crippen molar-refractivity contribution in [3.63, 3.8) is 0 Å². The molecule has 0 fully saturated rings. The van der Waals surface area contributed by atoms with Crippen LogP contribution in [0.25, 0.3) is 0 Å². The van der Waals surface area contributed by atoms with Gasteiger partial charge in [-0.05, 0) is 86.3 Å². The van der Waals surface area contributed by atoms with Crippen molar-refractivity contribution < 1.29 is 18.0 Å². The first kappa shape index (κ1) is 32.8. The second-order valence-corrected chi connectivity index (χ2v) is 13.5. The molecule has 0 radical (unpaired) electrons. The van der Waals surface area contributed by atoms with Crippen LogP contribution >= 0.6 is 11.6 Å². The highest BCUT2D eigenvalue weighted by Gasteiger charge is 2.35. The van der Waals surface area contributed by atoms with E-state index < -0.39 is 28.5 Å². The van der Waals surface area contributed by atoms with E-state index in [0.717, 1.165) is 21.0 Å². The number of hydrogen-bond acceptors (Lipinski definition) is 4. The molecule has 7 nitrogen and oxygen atoms in total. The molecule has 0 heterocycles. The zero-order valence-corrected chi connectivity index (χ0v) is 27.0. The average Bonchev–Trinajstić information content (AvgIpc) is 2.97. The fourth-order valence-corrected chi connectivity index (χ4v) is 6.74. The first-order chi connectivity index (χ1) is 20.9. The summed E-state index contributed by atoms with van der Waals surface area (Å²) < 4.78 is 29.4. The minimum atomic E-state index is -4.16. The summed E-state index contributed by atoms with van der Waals surface area (Å²) in [5, 5.41) is 3.45. The first-order valence-corrected chi connectivity index (χ1v) is 16.3. The molecule has 1 atom stereocenters. The number of amides is 2. The maximum atomic E-state index is 14.5. The first-order valence-electron chi connectivity index (χ1n) is 14.5. The summed E-state index contributed by atoms with van der Waals surface area (Å²) >= 11 is 6.30. The van der Waals surface area contributed by atoms with Crippen LogP contribution in [-0.2, 0) is 32.6 Å². The summed E-state index contributed by atoms with van der Waals surface area (Å²) in [5.74, 6) is -0.855. The number of nitrogens with one attached hydrogen (secondary N) is 1. The monoisotopic (exact) mass is 631 g/mol. The number of benzene rings is 4. The van der Waals surface area contributed by atoms with E-state index in [9.17, 15) is 18.0 Å². The molecule has 230 valence electrons. The normalized spacial score (nSPS) is 12.0. The molecular formula is C35H38ClN3O4S. The molecule has 9 heteroatoms. The standard InChI is InChI=1S/C35H38ClN3O4S/c1-25(2)37-35(41)33(22-28-12-7-5-8-13-28)38(23-29-14-11-15-30(36)21-29)34(40)24-39(31-19-26(3)18-27(4)20-31)44(42,43)32-16-9-6-10-17-32/h5-21,25,33H,22-24H2,1-4H3,(H,37,41)/t33-/m1/s1. The third-order valence-corrected chi connectivity index (χ3v) is 9.07. The van der Waals surface area contributed by atoms with Gasteiger partial charge in [-0.1, -0.05) is 78.3 Å². The van der Waals surface area contributed by atoms with Gasteiger partial charge in [0.25, 0.3) is 10.0 Å². The Morgan fingerprint density at radius 3 is 1.98 bits per heavy atom. The van der Waals surface area contributed by atoms with Gasteiger partial charge < -0.3 is 10.2 Å². The summed E-state index contributed by atoms with van der Waals surface area (Å²) in [5.41, 5.74) is 3.66. The SMILES string of the molecule is Cc1cc(C)cc(N(CC(=O)N(Cc2cccc(Cl)c2)[C@H](Cc2ccccc2)C(=O)NC(C)C)S(=O)(=O)c2ccccc2)c1. The fraction of sp³-hybridized carbons (Fsp3) is 0.257. The summed E-state index contributed by atoms with van der Waals surface area (Å²) in [4.78, 5) is 29.8. The number of aryl methyl sites for hydroxylation is 2. The highest BCUT2D eigenvalue weighted by atomic mass is 35.5. The van der Waals surface area contributed by atoms with Gasteiger partial charge in [0.05, 0.1) is 10.6 Å². The fourth-order valence-electron chi connectivity index (χ4n) is 5.11. The average molecular weight is 632 g/mol. The van der Waals surface area contributed by atoms with Gasteiger partial charge in [-0.2, -0.15) is 0 Å². The molecule has 0 aliphatic heterocycles. The minimum absolute atomic E-state index is 0.0501. The minimum Gasteiger partial charge on any atom is -0.352 e. The van der Waals surface area contributed by atoms with Gasteiger partial charge in [-0.3, -0.25) is 13.9 Å². The van der Waals surface area contributed by atoms with Crippen molar-refractivity contribution >= 4 is 39.1 Å². The number of nitrogens with zero attached hydrogens (tertiary/aromatic N) is 2. The molecule has 2 amide bonds. The van der Waals surface area contributed by atoms with E-state index in [1.165, 1.54) is 17.0 Å². The molecular weight excluding hydrogens is 594 g/mol. The van der Waals surface area contributed by atoms with Gasteiger partial charge in [0, 0.05) is 24.0 Å². The third kappa shape index (κ3) is 8.49. The molecule has 0 unspecified atom stereocenters. The molecule has 0 bridgehead atoms. The predicted octanol–water partition coefficient (Wildman–Crippen LogP) is 6.32. The van der Waals surface area contributed by atoms with Gasteiger partial charge in [-0.25, -0.2) is 8.42 Å². The number of sulfonamides is 1. The Hall–Kier alpha value is -4.14. The number of carbonyl (C=O) groups excluding carboxylic acids is 2. The zero-order chi connectivity index (χ0) is 31.9. The Bertz CT molecular complexity index is 1680. The van der Waals surface area contributed by atoms with Crippen LogP contribution in [0.15, 0.2) is 108 Å². The maximum Gasteiger partial charge on any atom is 0.264 e. The van der Waals surface area contributed by atoms with Crippen molar-refractivity contribution in [2.24, 2.45) is 0 Å². The molecule has 4 aromatic carbocycles. The van der Waals surface area contributed by atoms with Crippen LogP contribution in [0.1, 0.15) is 36.1 Å². The van der Waals surface area contributed by atoms with Crippen molar-refractivity contribution in [2.75, 3.05) is 10.8 Å². The highest BCUT2D eigenvalue weighted by molar-refractivity contribution is 7.92. The lowest BCUT2D eigenvalue weighted by Crippen LogP contribution is -2.54. The van der Waals surface area contributed by atoms with Crippen LogP contribution in [0.2, 0.25) is 5.02 Å². The van der Waals surface area contributed by atoms with E-state index in [1.54, 1.807) is 48.5 Å². The molecule has 44 heavy (non-hydrogen) atoms. The Morgan fingerprint density at radius 2 is 1.39 bits per heavy atom. The zero-order valence-electron chi connectivity index (χ0n) is 25.4. The van der Waals surface area contributed by atoms with Gasteiger partial charge >= 0.3 is 0 Å². The number of hydrogen-bond donors (Lipinski definition) is 1. The molecule has 4 aromatic rings. The summed E-state index contributed by atoms with van der Waals surface area (Å²) in [6, 6.07) is 28.9. The van der Waals surface area contributed by atoms with Crippen LogP contribution in [0.4, 0.5) is 5.69 Å². The maximum absolute atomic E-state index is 14.5. The quantitative estimate of drug-likeness (QED) is 0.198. The van der Waals surface area contributed by atoms with Crippen LogP contribution in [0.3, 0.4) is 0 Å². The molecule has 4 rings (SSSR count). The van der Waals surface area contributed by atoms with E-state index in [-0.39, 0.29) is 29.8 Å². The lowest BCUT2D eigenvalue weighted by atomic mass is 10.0. The van der Waals surface area contributed by atoms with Crippen molar-refractivity contribution in [1.29, 1.82) is 0 Å². The van der Waals surface area contributed by atoms with Crippen LogP contribution in [0, 0.1) is 13.8 Å². The van der Waals surface area contributed by atoms with Crippen LogP contribution in [0.5, 0.6) is 0 Å². The van der Waals surface area contributed by atoms with E-state index in [4.69, 9.17) is 11.6 Å². The lowest BCUT2D eigenvalue weighted by molar-refractivity contribution is -0.140. The second-order valence-electron chi connectivity index (χ2n) is 11.2. The number of rotatable bonds is 12. The van der Waals surface area contributed by atoms with E-state index in [2.05, 4.69) is 5.32 Å².